The molecule has 8 heteroatoms. The number of nitrogens with zero attached hydrogens (tertiary/aromatic N) is 2. The molecule has 3 aromatic carbocycles. The number of allylic oxidation sites excluding steroid dienone is 2. The first-order chi connectivity index (χ1) is 16.0. The quantitative estimate of drug-likeness (QED) is 0.143. The van der Waals surface area contributed by atoms with Crippen molar-refractivity contribution in [2.75, 3.05) is 0 Å². The van der Waals surface area contributed by atoms with E-state index in [9.17, 15) is 23.2 Å². The summed E-state index contributed by atoms with van der Waals surface area (Å²) in [5.74, 6) is -0.0625. The third-order valence-corrected chi connectivity index (χ3v) is 4.91. The molecule has 4 aromatic rings. The van der Waals surface area contributed by atoms with Gasteiger partial charge in [0, 0.05) is 38.1 Å². The predicted octanol–water partition coefficient (Wildman–Crippen LogP) is 7.09. The van der Waals surface area contributed by atoms with Gasteiger partial charge in [-0.3, -0.25) is 9.78 Å². The van der Waals surface area contributed by atoms with E-state index in [0.29, 0.717) is 27.6 Å². The van der Waals surface area contributed by atoms with Gasteiger partial charge in [0.15, 0.2) is 5.78 Å². The van der Waals surface area contributed by atoms with E-state index in [2.05, 4.69) is 17.1 Å². The second-order valence-corrected chi connectivity index (χ2v) is 7.72. The van der Waals surface area contributed by atoms with Gasteiger partial charge in [0.25, 0.3) is 0 Å². The average Bonchev–Trinajstić information content (AvgIpc) is 2.76. The second kappa shape index (κ2) is 11.3. The van der Waals surface area contributed by atoms with Crippen LogP contribution in [0.5, 0.6) is 0 Å². The summed E-state index contributed by atoms with van der Waals surface area (Å²) >= 11 is 0. The number of carbonyl (C=O) groups excluding carboxylic acids is 1. The number of carbonyl (C=O) groups is 1. The monoisotopic (exact) mass is 654 g/mol. The summed E-state index contributed by atoms with van der Waals surface area (Å²) in [7, 11) is 0. The van der Waals surface area contributed by atoms with Crippen LogP contribution in [0.3, 0.4) is 0 Å². The number of alkyl halides is 3. The van der Waals surface area contributed by atoms with Crippen molar-refractivity contribution in [3.8, 4) is 17.3 Å². The Balaban J connectivity index is 0.000000476. The minimum Gasteiger partial charge on any atom is -0.512 e. The molecule has 0 amide bonds. The van der Waals surface area contributed by atoms with Crippen molar-refractivity contribution in [1.82, 2.24) is 4.98 Å². The Morgan fingerprint density at radius 3 is 2.34 bits per heavy atom. The number of aliphatic hydroxyl groups excluding tert-OH is 1. The third-order valence-electron chi connectivity index (χ3n) is 4.91. The van der Waals surface area contributed by atoms with Gasteiger partial charge in [-0.1, -0.05) is 52.9 Å². The summed E-state index contributed by atoms with van der Waals surface area (Å²) in [6, 6.07) is 19.1. The maximum absolute atomic E-state index is 13.4. The van der Waals surface area contributed by atoms with Gasteiger partial charge < -0.3 is 5.11 Å². The van der Waals surface area contributed by atoms with E-state index in [1.165, 1.54) is 26.0 Å². The van der Waals surface area contributed by atoms with Gasteiger partial charge in [0.2, 0.25) is 0 Å². The zero-order valence-electron chi connectivity index (χ0n) is 19.0. The van der Waals surface area contributed by atoms with Crippen LogP contribution in [-0.4, -0.2) is 15.9 Å². The summed E-state index contributed by atoms with van der Waals surface area (Å²) in [4.78, 5) is 14.1. The largest absolute Gasteiger partial charge is 0.512 e. The normalized spacial score (nSPS) is 11.3. The Bertz CT molecular complexity index is 1470. The molecule has 0 aliphatic heterocycles. The molecular weight excluding hydrogens is 634 g/mol. The predicted molar refractivity (Wildman–Crippen MR) is 125 cm³/mol. The van der Waals surface area contributed by atoms with E-state index in [0.717, 1.165) is 17.1 Å². The standard InChI is InChI=1S/C22H12F3N2.C5H8O2.Ir/c1-13-6-7-18-19(8-13)20(22(23,24)25)12-27-21(18)15-9-14-4-2-3-5-17(14)16(10-15)11-26;1-4(6)3-5(2)7;/h2-8,10,12H,1H3;3,6H,1-2H3;/q-1;;/b;4-3-;. The van der Waals surface area contributed by atoms with Crippen LogP contribution >= 0.6 is 0 Å². The molecule has 0 aliphatic rings. The van der Waals surface area contributed by atoms with Crippen molar-refractivity contribution < 1.29 is 43.2 Å². The van der Waals surface area contributed by atoms with Crippen molar-refractivity contribution in [3.63, 3.8) is 0 Å². The van der Waals surface area contributed by atoms with E-state index in [4.69, 9.17) is 5.11 Å². The molecule has 1 heterocycles. The number of ketones is 1. The number of aliphatic hydroxyl groups is 1. The van der Waals surface area contributed by atoms with Crippen LogP contribution in [0.15, 0.2) is 66.6 Å². The molecule has 0 fully saturated rings. The fourth-order valence-electron chi connectivity index (χ4n) is 3.54. The van der Waals surface area contributed by atoms with Crippen molar-refractivity contribution in [2.24, 2.45) is 0 Å². The summed E-state index contributed by atoms with van der Waals surface area (Å²) in [6.45, 7) is 4.59. The zero-order chi connectivity index (χ0) is 25.0. The number of fused-ring (bicyclic) bond motifs is 2. The van der Waals surface area contributed by atoms with Crippen LogP contribution in [0.1, 0.15) is 30.5 Å². The first-order valence-corrected chi connectivity index (χ1v) is 10.2. The average molecular weight is 654 g/mol. The number of hydrogen-bond acceptors (Lipinski definition) is 4. The van der Waals surface area contributed by atoms with Gasteiger partial charge in [-0.25, -0.2) is 0 Å². The van der Waals surface area contributed by atoms with Crippen molar-refractivity contribution in [2.45, 2.75) is 26.9 Å². The van der Waals surface area contributed by atoms with Crippen LogP contribution in [0, 0.1) is 24.3 Å². The fraction of sp³-hybridized carbons (Fsp3) is 0.148. The number of aromatic nitrogens is 1. The van der Waals surface area contributed by atoms with Gasteiger partial charge in [-0.15, -0.1) is 23.6 Å². The van der Waals surface area contributed by atoms with Crippen LogP contribution in [-0.2, 0) is 31.1 Å². The Kier molecular flexibility index (Phi) is 8.92. The second-order valence-electron chi connectivity index (χ2n) is 7.72. The SMILES string of the molecule is CC(=O)/C=C(/C)O.Cc1ccc2c(-c3[c-]c4ccccc4c(C#N)c3)ncc(C(F)(F)F)c2c1.[Ir]. The zero-order valence-corrected chi connectivity index (χ0v) is 21.4. The molecule has 0 saturated carbocycles. The molecule has 0 bridgehead atoms. The molecule has 1 N–H and O–H groups in total. The Hall–Kier alpha value is -3.53. The molecule has 0 saturated heterocycles. The third kappa shape index (κ3) is 6.54. The summed E-state index contributed by atoms with van der Waals surface area (Å²) in [5.41, 5.74) is 1.26. The van der Waals surface area contributed by atoms with Gasteiger partial charge >= 0.3 is 6.18 Å². The van der Waals surface area contributed by atoms with Crippen LogP contribution < -0.4 is 0 Å². The smallest absolute Gasteiger partial charge is 0.418 e. The number of benzene rings is 3. The molecular formula is C27H20F3IrN2O2-. The van der Waals surface area contributed by atoms with E-state index >= 15 is 0 Å². The molecule has 0 atom stereocenters. The van der Waals surface area contributed by atoms with E-state index in [1.54, 1.807) is 25.1 Å². The maximum atomic E-state index is 13.4. The van der Waals surface area contributed by atoms with Gasteiger partial charge in [0.05, 0.1) is 17.4 Å². The molecule has 35 heavy (non-hydrogen) atoms. The Labute approximate surface area is 214 Å². The Morgan fingerprint density at radius 1 is 1.09 bits per heavy atom. The fourth-order valence-corrected chi connectivity index (χ4v) is 3.54. The number of halogens is 3. The topological polar surface area (TPSA) is 74.0 Å². The molecule has 0 aliphatic carbocycles. The number of nitriles is 1. The van der Waals surface area contributed by atoms with Gasteiger partial charge in [-0.05, 0) is 37.1 Å². The molecule has 4 nitrogen and oxygen atoms in total. The molecule has 0 spiro atoms. The first kappa shape index (κ1) is 27.7. The molecule has 1 radical (unpaired) electrons. The van der Waals surface area contributed by atoms with Crippen LogP contribution in [0.25, 0.3) is 32.8 Å². The summed E-state index contributed by atoms with van der Waals surface area (Å²) in [5, 5.41) is 19.8. The summed E-state index contributed by atoms with van der Waals surface area (Å²) < 4.78 is 40.3. The molecule has 1 aromatic heterocycles. The Morgan fingerprint density at radius 2 is 1.77 bits per heavy atom. The van der Waals surface area contributed by atoms with Crippen LogP contribution in [0.4, 0.5) is 13.2 Å². The maximum Gasteiger partial charge on any atom is 0.418 e. The summed E-state index contributed by atoms with van der Waals surface area (Å²) in [6.07, 6.45) is -2.48. The minimum atomic E-state index is -4.50. The number of pyridine rings is 1. The van der Waals surface area contributed by atoms with Gasteiger partial charge in [0.1, 0.15) is 0 Å². The minimum absolute atomic E-state index is 0. The number of hydrogen-bond donors (Lipinski definition) is 1. The van der Waals surface area contributed by atoms with E-state index in [-0.39, 0.29) is 37.0 Å². The number of rotatable bonds is 2. The van der Waals surface area contributed by atoms with Crippen molar-refractivity contribution >= 4 is 27.3 Å². The number of aryl methyl sites for hydroxylation is 1. The van der Waals surface area contributed by atoms with Crippen molar-refractivity contribution in [1.29, 1.82) is 5.26 Å². The van der Waals surface area contributed by atoms with E-state index < -0.39 is 11.7 Å². The molecule has 0 unspecified atom stereocenters. The van der Waals surface area contributed by atoms with Crippen LogP contribution in [0.2, 0.25) is 0 Å². The first-order valence-electron chi connectivity index (χ1n) is 10.2. The molecule has 181 valence electrons. The molecule has 4 rings (SSSR count). The van der Waals surface area contributed by atoms with Gasteiger partial charge in [-0.2, -0.15) is 18.4 Å². The van der Waals surface area contributed by atoms with Crippen molar-refractivity contribution in [3.05, 3.63) is 89.3 Å². The van der Waals surface area contributed by atoms with E-state index in [1.807, 2.05) is 24.3 Å².